The number of hydrogen-bond acceptors (Lipinski definition) is 6. The van der Waals surface area contributed by atoms with Crippen LogP contribution in [-0.4, -0.2) is 41.0 Å². The molecule has 0 amide bonds. The van der Waals surface area contributed by atoms with Crippen LogP contribution in [0, 0.1) is 0 Å². The first-order valence-corrected chi connectivity index (χ1v) is 22.4. The molecular formula is C45H75O8P. The number of phosphoric ester groups is 1. The number of rotatable bonds is 37. The van der Waals surface area contributed by atoms with E-state index in [0.717, 1.165) is 64.2 Å². The summed E-state index contributed by atoms with van der Waals surface area (Å²) >= 11 is 0. The van der Waals surface area contributed by atoms with Crippen LogP contribution in [0.25, 0.3) is 0 Å². The first-order valence-electron chi connectivity index (χ1n) is 20.9. The molecule has 0 heterocycles. The summed E-state index contributed by atoms with van der Waals surface area (Å²) in [6.45, 7) is 3.49. The standard InChI is InChI=1S/C45H75O8P/c1-3-5-7-9-11-13-15-17-19-21-22-24-25-27-29-31-33-35-37-39-44(46)51-41-43(42-52-54(48,49)50)53-45(47)40-38-36-34-32-30-28-26-23-20-18-16-14-12-10-8-6-4-2/h6,8,11-14,17-20,26,28,32,34,43H,3-5,7,9-10,15-16,21-25,27,29-31,33,35-42H2,1-2H3,(H2,48,49,50)/b8-6-,13-11-,14-12-,19-17-,20-18-,28-26-,34-32-/t43-/m1/s1. The minimum absolute atomic E-state index is 0.128. The van der Waals surface area contributed by atoms with Crippen molar-refractivity contribution >= 4 is 19.8 Å². The molecule has 54 heavy (non-hydrogen) atoms. The summed E-state index contributed by atoms with van der Waals surface area (Å²) < 4.78 is 26.3. The summed E-state index contributed by atoms with van der Waals surface area (Å²) in [7, 11) is -4.78. The molecule has 308 valence electrons. The van der Waals surface area contributed by atoms with Crippen molar-refractivity contribution in [2.24, 2.45) is 0 Å². The first kappa shape index (κ1) is 51.2. The maximum absolute atomic E-state index is 12.4. The predicted octanol–water partition coefficient (Wildman–Crippen LogP) is 12.8. The number of unbranched alkanes of at least 4 members (excludes halogenated alkanes) is 13. The largest absolute Gasteiger partial charge is 0.469 e. The normalized spacial score (nSPS) is 13.3. The van der Waals surface area contributed by atoms with E-state index in [4.69, 9.17) is 19.3 Å². The molecule has 0 fully saturated rings. The topological polar surface area (TPSA) is 119 Å². The van der Waals surface area contributed by atoms with E-state index in [0.29, 0.717) is 19.3 Å². The minimum atomic E-state index is -4.78. The van der Waals surface area contributed by atoms with E-state index in [1.807, 2.05) is 12.2 Å². The molecule has 0 aromatic heterocycles. The molecule has 0 aromatic carbocycles. The summed E-state index contributed by atoms with van der Waals surface area (Å²) in [5.41, 5.74) is 0. The zero-order valence-corrected chi connectivity index (χ0v) is 34.7. The Bertz CT molecular complexity index is 1140. The Morgan fingerprint density at radius 2 is 0.907 bits per heavy atom. The van der Waals surface area contributed by atoms with Gasteiger partial charge < -0.3 is 19.3 Å². The van der Waals surface area contributed by atoms with Crippen LogP contribution in [0.15, 0.2) is 85.1 Å². The third kappa shape index (κ3) is 42.0. The van der Waals surface area contributed by atoms with Crippen LogP contribution in [0.5, 0.6) is 0 Å². The molecule has 0 saturated carbocycles. The number of carbonyl (C=O) groups is 2. The van der Waals surface area contributed by atoms with Gasteiger partial charge in [0, 0.05) is 12.8 Å². The molecule has 8 nitrogen and oxygen atoms in total. The van der Waals surface area contributed by atoms with Crippen molar-refractivity contribution in [3.63, 3.8) is 0 Å². The fourth-order valence-corrected chi connectivity index (χ4v) is 5.68. The molecule has 1 atom stereocenters. The Hall–Kier alpha value is -2.77. The van der Waals surface area contributed by atoms with Crippen molar-refractivity contribution < 1.29 is 37.9 Å². The zero-order chi connectivity index (χ0) is 39.6. The van der Waals surface area contributed by atoms with E-state index in [-0.39, 0.29) is 19.4 Å². The molecule has 0 radical (unpaired) electrons. The van der Waals surface area contributed by atoms with Gasteiger partial charge in [-0.3, -0.25) is 14.1 Å². The predicted molar refractivity (Wildman–Crippen MR) is 225 cm³/mol. The highest BCUT2D eigenvalue weighted by Gasteiger charge is 2.22. The maximum Gasteiger partial charge on any atom is 0.469 e. The Morgan fingerprint density at radius 1 is 0.500 bits per heavy atom. The lowest BCUT2D eigenvalue weighted by Gasteiger charge is -2.18. The van der Waals surface area contributed by atoms with Gasteiger partial charge >= 0.3 is 19.8 Å². The fourth-order valence-electron chi connectivity index (χ4n) is 5.32. The van der Waals surface area contributed by atoms with Crippen LogP contribution < -0.4 is 0 Å². The van der Waals surface area contributed by atoms with Crippen molar-refractivity contribution in [2.45, 2.75) is 174 Å². The minimum Gasteiger partial charge on any atom is -0.462 e. The lowest BCUT2D eigenvalue weighted by atomic mass is 10.1. The van der Waals surface area contributed by atoms with Gasteiger partial charge in [0.1, 0.15) is 6.61 Å². The molecule has 0 rings (SSSR count). The maximum atomic E-state index is 12.4. The van der Waals surface area contributed by atoms with Gasteiger partial charge in [-0.05, 0) is 83.5 Å². The molecule has 0 unspecified atom stereocenters. The summed E-state index contributed by atoms with van der Waals surface area (Å²) in [4.78, 5) is 42.8. The Labute approximate surface area is 329 Å². The van der Waals surface area contributed by atoms with E-state index >= 15 is 0 Å². The van der Waals surface area contributed by atoms with E-state index < -0.39 is 32.5 Å². The highest BCUT2D eigenvalue weighted by atomic mass is 31.2. The average Bonchev–Trinajstić information content (AvgIpc) is 3.14. The van der Waals surface area contributed by atoms with E-state index in [2.05, 4.69) is 91.3 Å². The van der Waals surface area contributed by atoms with Crippen LogP contribution in [0.1, 0.15) is 168 Å². The van der Waals surface area contributed by atoms with E-state index in [1.165, 1.54) is 57.8 Å². The molecule has 0 saturated heterocycles. The second-order valence-corrected chi connectivity index (χ2v) is 14.8. The third-order valence-corrected chi connectivity index (χ3v) is 8.88. The second kappa shape index (κ2) is 39.9. The van der Waals surface area contributed by atoms with Crippen molar-refractivity contribution in [1.29, 1.82) is 0 Å². The number of carbonyl (C=O) groups excluding carboxylic acids is 2. The number of hydrogen-bond donors (Lipinski definition) is 2. The van der Waals surface area contributed by atoms with Crippen LogP contribution in [-0.2, 0) is 28.2 Å². The van der Waals surface area contributed by atoms with Gasteiger partial charge in [0.05, 0.1) is 6.61 Å². The first-order chi connectivity index (χ1) is 26.3. The van der Waals surface area contributed by atoms with Crippen molar-refractivity contribution in [1.82, 2.24) is 0 Å². The van der Waals surface area contributed by atoms with Crippen molar-refractivity contribution in [3.05, 3.63) is 85.1 Å². The average molecular weight is 775 g/mol. The molecule has 0 aromatic rings. The lowest BCUT2D eigenvalue weighted by Crippen LogP contribution is -2.29. The number of esters is 2. The van der Waals surface area contributed by atoms with Crippen molar-refractivity contribution in [3.8, 4) is 0 Å². The van der Waals surface area contributed by atoms with Gasteiger partial charge in [0.25, 0.3) is 0 Å². The van der Waals surface area contributed by atoms with Gasteiger partial charge in [0.2, 0.25) is 0 Å². The number of allylic oxidation sites excluding steroid dienone is 14. The smallest absolute Gasteiger partial charge is 0.462 e. The van der Waals surface area contributed by atoms with Crippen LogP contribution >= 0.6 is 7.82 Å². The molecule has 2 N–H and O–H groups in total. The highest BCUT2D eigenvalue weighted by Crippen LogP contribution is 2.36. The van der Waals surface area contributed by atoms with Gasteiger partial charge in [-0.2, -0.15) is 0 Å². The SMILES string of the molecule is CC/C=C\C/C=C\C/C=C\C/C=C\C/C=C\CCCC(=O)O[C@H](COC(=O)CCCCCCCCCCC/C=C\C/C=C\CCCCC)COP(=O)(O)O. The molecule has 9 heteroatoms. The quantitative estimate of drug-likeness (QED) is 0.0277. The van der Waals surface area contributed by atoms with Gasteiger partial charge in [-0.25, -0.2) is 4.57 Å². The van der Waals surface area contributed by atoms with E-state index in [9.17, 15) is 14.2 Å². The third-order valence-electron chi connectivity index (χ3n) is 8.40. The summed E-state index contributed by atoms with van der Waals surface area (Å²) in [5.74, 6) is -0.964. The second-order valence-electron chi connectivity index (χ2n) is 13.6. The Balaban J connectivity index is 4.03. The summed E-state index contributed by atoms with van der Waals surface area (Å²) in [5, 5.41) is 0. The molecule has 0 spiro atoms. The van der Waals surface area contributed by atoms with Gasteiger partial charge in [0.15, 0.2) is 6.10 Å². The molecule has 0 bridgehead atoms. The summed E-state index contributed by atoms with van der Waals surface area (Å²) in [6.07, 6.45) is 53.1. The van der Waals surface area contributed by atoms with Crippen molar-refractivity contribution in [2.75, 3.05) is 13.2 Å². The zero-order valence-electron chi connectivity index (χ0n) is 33.8. The van der Waals surface area contributed by atoms with Gasteiger partial charge in [-0.1, -0.05) is 157 Å². The molecule has 0 aliphatic rings. The Kier molecular flexibility index (Phi) is 37.9. The van der Waals surface area contributed by atoms with Gasteiger partial charge in [-0.15, -0.1) is 0 Å². The highest BCUT2D eigenvalue weighted by molar-refractivity contribution is 7.46. The van der Waals surface area contributed by atoms with Crippen LogP contribution in [0.3, 0.4) is 0 Å². The summed E-state index contributed by atoms with van der Waals surface area (Å²) in [6, 6.07) is 0. The molecule has 0 aliphatic heterocycles. The number of phosphoric acid groups is 1. The lowest BCUT2D eigenvalue weighted by molar-refractivity contribution is -0.161. The van der Waals surface area contributed by atoms with E-state index in [1.54, 1.807) is 0 Å². The monoisotopic (exact) mass is 775 g/mol. The molecular weight excluding hydrogens is 699 g/mol. The van der Waals surface area contributed by atoms with Crippen LogP contribution in [0.2, 0.25) is 0 Å². The molecule has 0 aliphatic carbocycles. The Morgan fingerprint density at radius 3 is 1.39 bits per heavy atom. The number of ether oxygens (including phenoxy) is 2. The van der Waals surface area contributed by atoms with Crippen LogP contribution in [0.4, 0.5) is 0 Å². The fraction of sp³-hybridized carbons (Fsp3) is 0.644.